The quantitative estimate of drug-likeness (QED) is 0.719. The number of aryl methyl sites for hydroxylation is 1. The van der Waals surface area contributed by atoms with E-state index in [1.807, 2.05) is 6.20 Å². The molecule has 0 radical (unpaired) electrons. The van der Waals surface area contributed by atoms with E-state index in [-0.39, 0.29) is 5.54 Å². The van der Waals surface area contributed by atoms with Crippen molar-refractivity contribution in [3.05, 3.63) is 29.6 Å². The topological polar surface area (TPSA) is 16.1 Å². The van der Waals surface area contributed by atoms with Crippen LogP contribution in [-0.4, -0.2) is 22.0 Å². The first kappa shape index (κ1) is 11.6. The highest BCUT2D eigenvalue weighted by atomic mass is 15.2. The fourth-order valence-electron chi connectivity index (χ4n) is 2.55. The number of hydrogen-bond acceptors (Lipinski definition) is 2. The molecule has 2 heterocycles. The minimum Gasteiger partial charge on any atom is -0.290 e. The fraction of sp³-hybridized carbons (Fsp3) is 0.643. The van der Waals surface area contributed by atoms with E-state index in [0.29, 0.717) is 6.04 Å². The molecule has 1 aromatic heterocycles. The van der Waals surface area contributed by atoms with Gasteiger partial charge in [-0.1, -0.05) is 6.07 Å². The monoisotopic (exact) mass is 218 g/mol. The van der Waals surface area contributed by atoms with Crippen LogP contribution in [0.2, 0.25) is 0 Å². The van der Waals surface area contributed by atoms with Crippen LogP contribution in [0.25, 0.3) is 0 Å². The summed E-state index contributed by atoms with van der Waals surface area (Å²) in [6.45, 7) is 10.2. The molecule has 1 atom stereocenters. The van der Waals surface area contributed by atoms with Gasteiger partial charge in [0.2, 0.25) is 0 Å². The largest absolute Gasteiger partial charge is 0.290 e. The van der Waals surface area contributed by atoms with Gasteiger partial charge >= 0.3 is 0 Å². The minimum atomic E-state index is 0.244. The second-order valence-electron chi connectivity index (χ2n) is 5.78. The zero-order valence-corrected chi connectivity index (χ0v) is 10.8. The van der Waals surface area contributed by atoms with E-state index in [4.69, 9.17) is 0 Å². The lowest BCUT2D eigenvalue weighted by Gasteiger charge is -2.36. The Morgan fingerprint density at radius 3 is 2.62 bits per heavy atom. The maximum absolute atomic E-state index is 4.58. The summed E-state index contributed by atoms with van der Waals surface area (Å²) >= 11 is 0. The van der Waals surface area contributed by atoms with Crippen molar-refractivity contribution < 1.29 is 0 Å². The number of hydrogen-bond donors (Lipinski definition) is 0. The number of likely N-dealkylation sites (tertiary alicyclic amines) is 1. The van der Waals surface area contributed by atoms with Crippen LogP contribution in [0.15, 0.2) is 18.3 Å². The summed E-state index contributed by atoms with van der Waals surface area (Å²) in [7, 11) is 0. The van der Waals surface area contributed by atoms with E-state index in [2.05, 4.69) is 49.7 Å². The van der Waals surface area contributed by atoms with Crippen LogP contribution in [0.1, 0.15) is 50.9 Å². The Bertz CT molecular complexity index is 348. The number of rotatable bonds is 1. The molecule has 2 nitrogen and oxygen atoms in total. The second-order valence-corrected chi connectivity index (χ2v) is 5.78. The molecule has 0 aliphatic carbocycles. The van der Waals surface area contributed by atoms with E-state index in [9.17, 15) is 0 Å². The van der Waals surface area contributed by atoms with Gasteiger partial charge in [-0.25, -0.2) is 0 Å². The Labute approximate surface area is 98.7 Å². The number of nitrogens with zero attached hydrogens (tertiary/aromatic N) is 2. The first-order chi connectivity index (χ1) is 7.48. The van der Waals surface area contributed by atoms with Gasteiger partial charge in [0.1, 0.15) is 0 Å². The summed E-state index contributed by atoms with van der Waals surface area (Å²) in [5, 5.41) is 0. The third-order valence-corrected chi connectivity index (χ3v) is 3.39. The molecule has 0 aromatic carbocycles. The molecule has 2 heteroatoms. The van der Waals surface area contributed by atoms with E-state index in [1.54, 1.807) is 0 Å². The average Bonchev–Trinajstić information content (AvgIpc) is 2.66. The Morgan fingerprint density at radius 2 is 2.06 bits per heavy atom. The highest BCUT2D eigenvalue weighted by molar-refractivity contribution is 5.16. The Hall–Kier alpha value is -0.890. The van der Waals surface area contributed by atoms with Gasteiger partial charge in [0.05, 0.1) is 11.7 Å². The molecule has 16 heavy (non-hydrogen) atoms. The van der Waals surface area contributed by atoms with Crippen molar-refractivity contribution in [1.29, 1.82) is 0 Å². The predicted octanol–water partition coefficient (Wildman–Crippen LogP) is 3.33. The van der Waals surface area contributed by atoms with E-state index in [1.165, 1.54) is 30.6 Å². The Morgan fingerprint density at radius 1 is 1.31 bits per heavy atom. The summed E-state index contributed by atoms with van der Waals surface area (Å²) in [5.74, 6) is 0. The maximum Gasteiger partial charge on any atom is 0.0575 e. The van der Waals surface area contributed by atoms with Gasteiger partial charge in [0.15, 0.2) is 0 Å². The summed E-state index contributed by atoms with van der Waals surface area (Å²) in [6, 6.07) is 4.87. The minimum absolute atomic E-state index is 0.244. The highest BCUT2D eigenvalue weighted by Gasteiger charge is 2.34. The van der Waals surface area contributed by atoms with E-state index >= 15 is 0 Å². The molecule has 0 spiro atoms. The average molecular weight is 218 g/mol. The van der Waals surface area contributed by atoms with Crippen LogP contribution in [0.4, 0.5) is 0 Å². The molecule has 0 N–H and O–H groups in total. The molecule has 0 bridgehead atoms. The molecule has 1 aromatic rings. The van der Waals surface area contributed by atoms with Crippen molar-refractivity contribution >= 4 is 0 Å². The van der Waals surface area contributed by atoms with Gasteiger partial charge in [0.25, 0.3) is 0 Å². The molecule has 1 aliphatic rings. The van der Waals surface area contributed by atoms with Crippen molar-refractivity contribution in [2.24, 2.45) is 0 Å². The van der Waals surface area contributed by atoms with Gasteiger partial charge in [-0.2, -0.15) is 0 Å². The SMILES string of the molecule is Cc1ccc(C2CCCN2C(C)(C)C)nc1. The van der Waals surface area contributed by atoms with Gasteiger partial charge in [-0.15, -0.1) is 0 Å². The molecular weight excluding hydrogens is 196 g/mol. The lowest BCUT2D eigenvalue weighted by atomic mass is 10.0. The highest BCUT2D eigenvalue weighted by Crippen LogP contribution is 2.36. The van der Waals surface area contributed by atoms with Crippen LogP contribution in [0, 0.1) is 6.92 Å². The van der Waals surface area contributed by atoms with Crippen molar-refractivity contribution in [2.45, 2.75) is 52.1 Å². The van der Waals surface area contributed by atoms with Crippen LogP contribution >= 0.6 is 0 Å². The molecule has 88 valence electrons. The second kappa shape index (κ2) is 4.17. The Kier molecular flexibility index (Phi) is 3.02. The third-order valence-electron chi connectivity index (χ3n) is 3.39. The van der Waals surface area contributed by atoms with Crippen LogP contribution in [0.5, 0.6) is 0 Å². The van der Waals surface area contributed by atoms with E-state index < -0.39 is 0 Å². The lowest BCUT2D eigenvalue weighted by molar-refractivity contribution is 0.119. The number of pyridine rings is 1. The molecular formula is C14H22N2. The van der Waals surface area contributed by atoms with Crippen LogP contribution in [0.3, 0.4) is 0 Å². The van der Waals surface area contributed by atoms with Gasteiger partial charge in [0, 0.05) is 11.7 Å². The van der Waals surface area contributed by atoms with Crippen molar-refractivity contribution in [3.8, 4) is 0 Å². The first-order valence-electron chi connectivity index (χ1n) is 6.18. The summed E-state index contributed by atoms with van der Waals surface area (Å²) < 4.78 is 0. The van der Waals surface area contributed by atoms with Gasteiger partial charge in [-0.05, 0) is 58.7 Å². The Balaban J connectivity index is 2.23. The smallest absolute Gasteiger partial charge is 0.0575 e. The third kappa shape index (κ3) is 2.27. The normalized spacial score (nSPS) is 22.6. The van der Waals surface area contributed by atoms with Crippen molar-refractivity contribution in [3.63, 3.8) is 0 Å². The van der Waals surface area contributed by atoms with Gasteiger partial charge < -0.3 is 0 Å². The van der Waals surface area contributed by atoms with E-state index in [0.717, 1.165) is 0 Å². The summed E-state index contributed by atoms with van der Waals surface area (Å²) in [5.41, 5.74) is 2.72. The molecule has 0 amide bonds. The molecule has 1 fully saturated rings. The molecule has 0 saturated carbocycles. The predicted molar refractivity (Wildman–Crippen MR) is 67.4 cm³/mol. The zero-order chi connectivity index (χ0) is 11.8. The standard InChI is InChI=1S/C14H22N2/c1-11-7-8-12(15-10-11)13-6-5-9-16(13)14(2,3)4/h7-8,10,13H,5-6,9H2,1-4H3. The molecule has 2 rings (SSSR count). The van der Waals surface area contributed by atoms with Gasteiger partial charge in [-0.3, -0.25) is 9.88 Å². The summed E-state index contributed by atoms with van der Waals surface area (Å²) in [6.07, 6.45) is 4.51. The van der Waals surface area contributed by atoms with Crippen molar-refractivity contribution in [2.75, 3.05) is 6.54 Å². The maximum atomic E-state index is 4.58. The molecule has 1 unspecified atom stereocenters. The van der Waals surface area contributed by atoms with Crippen molar-refractivity contribution in [1.82, 2.24) is 9.88 Å². The number of aromatic nitrogens is 1. The molecule has 1 aliphatic heterocycles. The zero-order valence-electron chi connectivity index (χ0n) is 10.8. The molecule has 1 saturated heterocycles. The lowest BCUT2D eigenvalue weighted by Crippen LogP contribution is -2.40. The van der Waals surface area contributed by atoms with Crippen LogP contribution < -0.4 is 0 Å². The fourth-order valence-corrected chi connectivity index (χ4v) is 2.55. The summed E-state index contributed by atoms with van der Waals surface area (Å²) in [4.78, 5) is 7.16. The van der Waals surface area contributed by atoms with Crippen LogP contribution in [-0.2, 0) is 0 Å². The first-order valence-corrected chi connectivity index (χ1v) is 6.18.